The molecule has 0 amide bonds. The third kappa shape index (κ3) is 1.49. The van der Waals surface area contributed by atoms with Crippen molar-refractivity contribution in [1.82, 2.24) is 0 Å². The minimum absolute atomic E-state index is 0.167. The quantitative estimate of drug-likeness (QED) is 0.602. The van der Waals surface area contributed by atoms with E-state index in [0.717, 1.165) is 6.07 Å². The summed E-state index contributed by atoms with van der Waals surface area (Å²) in [5.41, 5.74) is 0. The van der Waals surface area contributed by atoms with Crippen LogP contribution in [0.25, 0.3) is 0 Å². The Hall–Kier alpha value is -0.540. The van der Waals surface area contributed by atoms with Crippen LogP contribution in [-0.4, -0.2) is 0 Å². The molecule has 0 heterocycles. The first kappa shape index (κ1) is 7.57. The summed E-state index contributed by atoms with van der Waals surface area (Å²) in [5.74, 6) is -0.428. The lowest BCUT2D eigenvalue weighted by Crippen LogP contribution is -1.77. The zero-order valence-corrected chi connectivity index (χ0v) is 6.38. The number of halogens is 2. The summed E-state index contributed by atoms with van der Waals surface area (Å²) >= 11 is 5.72. The van der Waals surface area contributed by atoms with Gasteiger partial charge < -0.3 is 0 Å². The highest BCUT2D eigenvalue weighted by molar-refractivity contribution is 7.65. The molecular formula is C6H3ClFOS+. The van der Waals surface area contributed by atoms with E-state index in [4.69, 9.17) is 11.6 Å². The Kier molecular flexibility index (Phi) is 2.29. The Balaban J connectivity index is 3.19. The van der Waals surface area contributed by atoms with Crippen molar-refractivity contribution >= 4 is 23.3 Å². The third-order valence-electron chi connectivity index (χ3n) is 0.984. The lowest BCUT2D eigenvalue weighted by molar-refractivity contribution is 0.604. The average molecular weight is 178 g/mol. The van der Waals surface area contributed by atoms with Crippen molar-refractivity contribution in [2.75, 3.05) is 0 Å². The summed E-state index contributed by atoms with van der Waals surface area (Å²) < 4.78 is 22.5. The fraction of sp³-hybridized carbons (Fsp3) is 0. The second-order valence-electron chi connectivity index (χ2n) is 1.66. The van der Waals surface area contributed by atoms with Gasteiger partial charge in [0.15, 0.2) is 0 Å². The van der Waals surface area contributed by atoms with Crippen LogP contribution in [0, 0.1) is 5.82 Å². The maximum Gasteiger partial charge on any atom is 0.506 e. The molecule has 0 aromatic heterocycles. The van der Waals surface area contributed by atoms with Gasteiger partial charge in [0.1, 0.15) is 10.8 Å². The molecule has 10 heavy (non-hydrogen) atoms. The Morgan fingerprint density at radius 2 is 2.20 bits per heavy atom. The fourth-order valence-electron chi connectivity index (χ4n) is 0.543. The highest BCUT2D eigenvalue weighted by atomic mass is 35.5. The highest BCUT2D eigenvalue weighted by Gasteiger charge is 2.12. The zero-order valence-electron chi connectivity index (χ0n) is 4.80. The lowest BCUT2D eigenvalue weighted by atomic mass is 10.3. The van der Waals surface area contributed by atoms with Crippen molar-refractivity contribution in [3.8, 4) is 0 Å². The molecule has 0 saturated carbocycles. The van der Waals surface area contributed by atoms with Crippen LogP contribution >= 0.6 is 11.6 Å². The number of rotatable bonds is 1. The smallest absolute Gasteiger partial charge is 0.207 e. The molecule has 0 radical (unpaired) electrons. The largest absolute Gasteiger partial charge is 0.506 e. The molecule has 0 aliphatic heterocycles. The Bertz CT molecular complexity index is 264. The van der Waals surface area contributed by atoms with Crippen LogP contribution < -0.4 is 0 Å². The molecule has 52 valence electrons. The molecule has 0 N–H and O–H groups in total. The summed E-state index contributed by atoms with van der Waals surface area (Å²) in [6, 6.07) is 3.67. The Morgan fingerprint density at radius 3 is 2.70 bits per heavy atom. The molecule has 0 unspecified atom stereocenters. The average Bonchev–Trinajstić information content (AvgIpc) is 1.88. The van der Waals surface area contributed by atoms with E-state index in [9.17, 15) is 8.60 Å². The van der Waals surface area contributed by atoms with Gasteiger partial charge >= 0.3 is 16.6 Å². The van der Waals surface area contributed by atoms with E-state index < -0.39 is 5.82 Å². The monoisotopic (exact) mass is 177 g/mol. The van der Waals surface area contributed by atoms with Crippen LogP contribution in [0.4, 0.5) is 4.39 Å². The normalized spacial score (nSPS) is 9.40. The molecule has 0 bridgehead atoms. The van der Waals surface area contributed by atoms with Gasteiger partial charge in [0.2, 0.25) is 0 Å². The second kappa shape index (κ2) is 3.03. The topological polar surface area (TPSA) is 17.1 Å². The molecule has 4 heteroatoms. The number of benzene rings is 1. The van der Waals surface area contributed by atoms with E-state index in [2.05, 4.69) is 0 Å². The Labute approximate surface area is 66.3 Å². The molecule has 0 spiro atoms. The van der Waals surface area contributed by atoms with Crippen LogP contribution in [-0.2, 0) is 15.9 Å². The number of hydrogen-bond acceptors (Lipinski definition) is 1. The van der Waals surface area contributed by atoms with Crippen molar-refractivity contribution in [3.63, 3.8) is 0 Å². The Morgan fingerprint density at radius 1 is 1.50 bits per heavy atom. The van der Waals surface area contributed by atoms with Gasteiger partial charge in [-0.25, -0.2) is 4.39 Å². The van der Waals surface area contributed by atoms with Gasteiger partial charge in [0.25, 0.3) is 0 Å². The predicted octanol–water partition coefficient (Wildman–Crippen LogP) is 2.27. The first-order chi connectivity index (χ1) is 4.74. The lowest BCUT2D eigenvalue weighted by Gasteiger charge is -1.84. The van der Waals surface area contributed by atoms with Gasteiger partial charge in [0, 0.05) is 10.3 Å². The molecule has 1 nitrogen and oxygen atoms in total. The zero-order chi connectivity index (χ0) is 7.56. The summed E-state index contributed by atoms with van der Waals surface area (Å²) in [7, 11) is 0. The molecule has 0 atom stereocenters. The van der Waals surface area contributed by atoms with E-state index in [-0.39, 0.29) is 16.7 Å². The van der Waals surface area contributed by atoms with E-state index in [1.807, 2.05) is 0 Å². The van der Waals surface area contributed by atoms with Crippen LogP contribution in [0.5, 0.6) is 0 Å². The molecule has 1 aromatic carbocycles. The first-order valence-electron chi connectivity index (χ1n) is 2.49. The third-order valence-corrected chi connectivity index (χ3v) is 1.94. The molecule has 0 aliphatic rings. The van der Waals surface area contributed by atoms with E-state index in [1.54, 1.807) is 0 Å². The maximum absolute atomic E-state index is 12.3. The van der Waals surface area contributed by atoms with Crippen LogP contribution in [0.1, 0.15) is 0 Å². The number of hydrogen-bond donors (Lipinski definition) is 0. The standard InChI is InChI=1S/C6H3ClFOS/c7-5-3-4(8)1-2-6(5)10-9/h1-3H/q+1. The van der Waals surface area contributed by atoms with Crippen LogP contribution in [0.2, 0.25) is 5.02 Å². The van der Waals surface area contributed by atoms with Gasteiger partial charge in [-0.15, -0.1) is 0 Å². The van der Waals surface area contributed by atoms with Crippen molar-refractivity contribution in [2.24, 2.45) is 0 Å². The summed E-state index contributed by atoms with van der Waals surface area (Å²) in [4.78, 5) is 0.350. The predicted molar refractivity (Wildman–Crippen MR) is 37.7 cm³/mol. The molecule has 0 aliphatic carbocycles. The molecule has 0 fully saturated rings. The molecule has 0 saturated heterocycles. The van der Waals surface area contributed by atoms with E-state index >= 15 is 0 Å². The molecular weight excluding hydrogens is 175 g/mol. The summed E-state index contributed by atoms with van der Waals surface area (Å²) in [6.07, 6.45) is 0. The fourth-order valence-corrected chi connectivity index (χ4v) is 1.07. The summed E-state index contributed by atoms with van der Waals surface area (Å²) in [5, 5.41) is 0.167. The van der Waals surface area contributed by atoms with Gasteiger partial charge in [-0.1, -0.05) is 11.6 Å². The van der Waals surface area contributed by atoms with Gasteiger partial charge in [-0.3, -0.25) is 0 Å². The van der Waals surface area contributed by atoms with Crippen LogP contribution in [0.15, 0.2) is 23.1 Å². The van der Waals surface area contributed by atoms with Crippen molar-refractivity contribution in [2.45, 2.75) is 4.90 Å². The van der Waals surface area contributed by atoms with Crippen molar-refractivity contribution in [3.05, 3.63) is 29.0 Å². The minimum Gasteiger partial charge on any atom is -0.207 e. The molecule has 1 rings (SSSR count). The summed E-state index contributed by atoms with van der Waals surface area (Å²) in [6.45, 7) is 0. The van der Waals surface area contributed by atoms with Crippen LogP contribution in [0.3, 0.4) is 0 Å². The highest BCUT2D eigenvalue weighted by Crippen LogP contribution is 2.16. The van der Waals surface area contributed by atoms with Gasteiger partial charge in [-0.2, -0.15) is 0 Å². The first-order valence-corrected chi connectivity index (χ1v) is 3.61. The SMILES string of the molecule is O=[S+]c1ccc(F)cc1Cl. The van der Waals surface area contributed by atoms with Crippen molar-refractivity contribution in [1.29, 1.82) is 0 Å². The van der Waals surface area contributed by atoms with E-state index in [0.29, 0.717) is 4.90 Å². The maximum atomic E-state index is 12.3. The van der Waals surface area contributed by atoms with E-state index in [1.165, 1.54) is 12.1 Å². The van der Waals surface area contributed by atoms with Gasteiger partial charge in [-0.05, 0) is 12.1 Å². The van der Waals surface area contributed by atoms with Crippen molar-refractivity contribution < 1.29 is 8.60 Å². The minimum atomic E-state index is -0.428. The second-order valence-corrected chi connectivity index (χ2v) is 2.67. The molecule has 1 aromatic rings. The van der Waals surface area contributed by atoms with Gasteiger partial charge in [0.05, 0.1) is 0 Å².